The maximum absolute atomic E-state index is 12.2. The molecule has 1 amide bonds. The second-order valence-electron chi connectivity index (χ2n) is 5.82. The number of rotatable bonds is 11. The molecular formula is C16H25N3O4S. The predicted octanol–water partition coefficient (Wildman–Crippen LogP) is 0.341. The first-order valence-corrected chi connectivity index (χ1v) is 9.59. The molecule has 3 N–H and O–H groups in total. The molecule has 0 unspecified atom stereocenters. The summed E-state index contributed by atoms with van der Waals surface area (Å²) in [6.45, 7) is 2.87. The van der Waals surface area contributed by atoms with Crippen LogP contribution in [0.2, 0.25) is 0 Å². The molecule has 1 fully saturated rings. The topological polar surface area (TPSA) is 96.5 Å². The predicted molar refractivity (Wildman–Crippen MR) is 91.4 cm³/mol. The van der Waals surface area contributed by atoms with Crippen LogP contribution in [-0.2, 0) is 14.8 Å². The third kappa shape index (κ3) is 6.20. The first kappa shape index (κ1) is 18.9. The number of amides is 1. The van der Waals surface area contributed by atoms with E-state index in [1.807, 2.05) is 0 Å². The molecule has 0 saturated heterocycles. The number of carbonyl (C=O) groups excluding carboxylic acids is 1. The molecule has 1 aromatic carbocycles. The van der Waals surface area contributed by atoms with Gasteiger partial charge in [0.1, 0.15) is 0 Å². The van der Waals surface area contributed by atoms with E-state index in [1.165, 1.54) is 12.1 Å². The van der Waals surface area contributed by atoms with Crippen LogP contribution in [0.25, 0.3) is 0 Å². The summed E-state index contributed by atoms with van der Waals surface area (Å²) in [4.78, 5) is 12.2. The fraction of sp³-hybridized carbons (Fsp3) is 0.562. The van der Waals surface area contributed by atoms with Gasteiger partial charge in [0, 0.05) is 38.9 Å². The van der Waals surface area contributed by atoms with Crippen LogP contribution >= 0.6 is 0 Å². The van der Waals surface area contributed by atoms with Crippen LogP contribution in [-0.4, -0.2) is 54.2 Å². The number of ether oxygens (including phenoxy) is 1. The van der Waals surface area contributed by atoms with Crippen molar-refractivity contribution in [3.05, 3.63) is 29.8 Å². The monoisotopic (exact) mass is 355 g/mol. The van der Waals surface area contributed by atoms with E-state index in [2.05, 4.69) is 15.4 Å². The van der Waals surface area contributed by atoms with Crippen LogP contribution in [0.15, 0.2) is 29.2 Å². The third-order valence-electron chi connectivity index (χ3n) is 3.74. The van der Waals surface area contributed by atoms with Gasteiger partial charge in [-0.2, -0.15) is 0 Å². The van der Waals surface area contributed by atoms with Gasteiger partial charge >= 0.3 is 0 Å². The van der Waals surface area contributed by atoms with Crippen molar-refractivity contribution in [3.8, 4) is 0 Å². The zero-order chi connectivity index (χ0) is 17.4. The highest BCUT2D eigenvalue weighted by molar-refractivity contribution is 7.89. The van der Waals surface area contributed by atoms with E-state index in [1.54, 1.807) is 19.2 Å². The molecule has 8 heteroatoms. The number of nitrogens with one attached hydrogen (secondary N) is 3. The Morgan fingerprint density at radius 2 is 2.04 bits per heavy atom. The van der Waals surface area contributed by atoms with E-state index in [-0.39, 0.29) is 10.8 Å². The molecular weight excluding hydrogens is 330 g/mol. The number of hydrogen-bond donors (Lipinski definition) is 3. The maximum atomic E-state index is 12.2. The summed E-state index contributed by atoms with van der Waals surface area (Å²) in [5, 5.41) is 5.87. The molecule has 0 bridgehead atoms. The Morgan fingerprint density at radius 3 is 2.75 bits per heavy atom. The summed E-state index contributed by atoms with van der Waals surface area (Å²) in [5.74, 6) is 0.166. The van der Waals surface area contributed by atoms with Crippen molar-refractivity contribution in [2.45, 2.75) is 17.7 Å². The minimum atomic E-state index is -3.56. The lowest BCUT2D eigenvalue weighted by molar-refractivity contribution is 0.0953. The summed E-state index contributed by atoms with van der Waals surface area (Å²) in [6, 6.07) is 6.09. The Kier molecular flexibility index (Phi) is 7.16. The van der Waals surface area contributed by atoms with E-state index >= 15 is 0 Å². The highest BCUT2D eigenvalue weighted by atomic mass is 32.2. The summed E-state index contributed by atoms with van der Waals surface area (Å²) < 4.78 is 32.0. The summed E-state index contributed by atoms with van der Waals surface area (Å²) in [5.41, 5.74) is 0.334. The first-order chi connectivity index (χ1) is 11.5. The Balaban J connectivity index is 1.85. The van der Waals surface area contributed by atoms with Gasteiger partial charge in [-0.15, -0.1) is 0 Å². The maximum Gasteiger partial charge on any atom is 0.251 e. The van der Waals surface area contributed by atoms with Crippen molar-refractivity contribution in [2.24, 2.45) is 5.92 Å². The fourth-order valence-corrected chi connectivity index (χ4v) is 3.26. The van der Waals surface area contributed by atoms with Gasteiger partial charge in [-0.25, -0.2) is 13.1 Å². The highest BCUT2D eigenvalue weighted by Crippen LogP contribution is 2.28. The van der Waals surface area contributed by atoms with Crippen molar-refractivity contribution < 1.29 is 17.9 Å². The minimum Gasteiger partial charge on any atom is -0.383 e. The van der Waals surface area contributed by atoms with Crippen LogP contribution in [0, 0.1) is 5.92 Å². The van der Waals surface area contributed by atoms with E-state index in [0.717, 1.165) is 12.8 Å². The number of methoxy groups -OCH3 is 1. The smallest absolute Gasteiger partial charge is 0.251 e. The highest BCUT2D eigenvalue weighted by Gasteiger charge is 2.24. The zero-order valence-electron chi connectivity index (χ0n) is 13.9. The van der Waals surface area contributed by atoms with Gasteiger partial charge in [0.05, 0.1) is 11.5 Å². The lowest BCUT2D eigenvalue weighted by Crippen LogP contribution is -2.33. The van der Waals surface area contributed by atoms with Gasteiger partial charge in [0.2, 0.25) is 10.0 Å². The number of sulfonamides is 1. The van der Waals surface area contributed by atoms with Crippen molar-refractivity contribution in [1.29, 1.82) is 0 Å². The average Bonchev–Trinajstić information content (AvgIpc) is 3.40. The van der Waals surface area contributed by atoms with Crippen molar-refractivity contribution in [2.75, 3.05) is 39.9 Å². The number of benzene rings is 1. The van der Waals surface area contributed by atoms with E-state index in [0.29, 0.717) is 44.3 Å². The zero-order valence-corrected chi connectivity index (χ0v) is 14.7. The van der Waals surface area contributed by atoms with Crippen molar-refractivity contribution in [1.82, 2.24) is 15.4 Å². The molecule has 1 saturated carbocycles. The first-order valence-electron chi connectivity index (χ1n) is 8.10. The molecule has 0 atom stereocenters. The molecule has 7 nitrogen and oxygen atoms in total. The molecule has 0 aromatic heterocycles. The lowest BCUT2D eigenvalue weighted by atomic mass is 10.2. The standard InChI is InChI=1S/C16H25N3O4S/c1-23-10-9-17-7-8-18-16(20)14-3-2-4-15(11-14)24(21,22)19-12-13-5-6-13/h2-4,11,13,17,19H,5-10,12H2,1H3,(H,18,20). The van der Waals surface area contributed by atoms with Crippen molar-refractivity contribution >= 4 is 15.9 Å². The molecule has 1 aliphatic carbocycles. The van der Waals surface area contributed by atoms with Crippen LogP contribution in [0.4, 0.5) is 0 Å². The second-order valence-corrected chi connectivity index (χ2v) is 7.59. The number of carbonyl (C=O) groups is 1. The van der Waals surface area contributed by atoms with Gasteiger partial charge < -0.3 is 15.4 Å². The largest absolute Gasteiger partial charge is 0.383 e. The lowest BCUT2D eigenvalue weighted by Gasteiger charge is -2.09. The van der Waals surface area contributed by atoms with Gasteiger partial charge in [-0.1, -0.05) is 6.07 Å². The van der Waals surface area contributed by atoms with Gasteiger partial charge in [-0.05, 0) is 37.0 Å². The molecule has 0 aliphatic heterocycles. The van der Waals surface area contributed by atoms with Gasteiger partial charge in [0.25, 0.3) is 5.91 Å². The normalized spacial score (nSPS) is 14.5. The van der Waals surface area contributed by atoms with Crippen LogP contribution in [0.3, 0.4) is 0 Å². The van der Waals surface area contributed by atoms with E-state index in [9.17, 15) is 13.2 Å². The van der Waals surface area contributed by atoms with Crippen LogP contribution < -0.4 is 15.4 Å². The van der Waals surface area contributed by atoms with Gasteiger partial charge in [-0.3, -0.25) is 4.79 Å². The van der Waals surface area contributed by atoms with E-state index < -0.39 is 10.0 Å². The summed E-state index contributed by atoms with van der Waals surface area (Å²) in [7, 11) is -1.93. The molecule has 0 spiro atoms. The Hall–Kier alpha value is -1.48. The minimum absolute atomic E-state index is 0.119. The SMILES string of the molecule is COCCNCCNC(=O)c1cccc(S(=O)(=O)NCC2CC2)c1. The average molecular weight is 355 g/mol. The van der Waals surface area contributed by atoms with E-state index in [4.69, 9.17) is 4.74 Å². The molecule has 1 aliphatic rings. The van der Waals surface area contributed by atoms with Crippen LogP contribution in [0.5, 0.6) is 0 Å². The third-order valence-corrected chi connectivity index (χ3v) is 5.16. The molecule has 0 radical (unpaired) electrons. The van der Waals surface area contributed by atoms with Crippen LogP contribution in [0.1, 0.15) is 23.2 Å². The molecule has 134 valence electrons. The summed E-state index contributed by atoms with van der Waals surface area (Å²) >= 11 is 0. The molecule has 2 rings (SSSR count). The Labute approximate surface area is 143 Å². The summed E-state index contributed by atoms with van der Waals surface area (Å²) in [6.07, 6.45) is 2.15. The van der Waals surface area contributed by atoms with Crippen molar-refractivity contribution in [3.63, 3.8) is 0 Å². The fourth-order valence-electron chi connectivity index (χ4n) is 2.10. The second kappa shape index (κ2) is 9.12. The Bertz CT molecular complexity index is 644. The quantitative estimate of drug-likeness (QED) is 0.498. The molecule has 24 heavy (non-hydrogen) atoms. The molecule has 1 aromatic rings. The number of hydrogen-bond acceptors (Lipinski definition) is 5. The Morgan fingerprint density at radius 1 is 1.25 bits per heavy atom. The van der Waals surface area contributed by atoms with Gasteiger partial charge in [0.15, 0.2) is 0 Å². The molecule has 0 heterocycles.